The molecule has 0 unspecified atom stereocenters. The lowest BCUT2D eigenvalue weighted by atomic mass is 10.1. The molecular weight excluding hydrogens is 531 g/mol. The summed E-state index contributed by atoms with van der Waals surface area (Å²) >= 11 is 19.2. The second kappa shape index (κ2) is 12.7. The van der Waals surface area contributed by atoms with Gasteiger partial charge in [0.2, 0.25) is 0 Å². The SMILES string of the molecule is CSCC[C@H](NC(=O)c1ccc([N+](=O)[O-])cc1Cl)C(=O)O[C@H](C)C(=O)Nc1ncc(Cl)cc1Cl. The largest absolute Gasteiger partial charge is 0.451 e. The molecule has 0 aliphatic rings. The number of esters is 1. The van der Waals surface area contributed by atoms with Crippen LogP contribution in [0.15, 0.2) is 30.5 Å². The Kier molecular flexibility index (Phi) is 10.4. The van der Waals surface area contributed by atoms with Gasteiger partial charge in [-0.25, -0.2) is 9.78 Å². The van der Waals surface area contributed by atoms with Crippen LogP contribution in [-0.4, -0.2) is 51.8 Å². The summed E-state index contributed by atoms with van der Waals surface area (Å²) in [6, 6.07) is 3.64. The molecule has 0 aliphatic heterocycles. The van der Waals surface area contributed by atoms with Crippen LogP contribution < -0.4 is 10.6 Å². The van der Waals surface area contributed by atoms with Crippen LogP contribution in [0.1, 0.15) is 23.7 Å². The highest BCUT2D eigenvalue weighted by molar-refractivity contribution is 7.98. The second-order valence-corrected chi connectivity index (χ2v) is 9.02. The minimum Gasteiger partial charge on any atom is -0.451 e. The summed E-state index contributed by atoms with van der Waals surface area (Å²) in [5.74, 6) is -1.73. The van der Waals surface area contributed by atoms with Crippen LogP contribution in [0.2, 0.25) is 15.1 Å². The van der Waals surface area contributed by atoms with Gasteiger partial charge in [0.15, 0.2) is 11.9 Å². The maximum atomic E-state index is 12.7. The molecule has 2 aromatic rings. The highest BCUT2D eigenvalue weighted by atomic mass is 35.5. The number of benzene rings is 1. The number of halogens is 3. The molecule has 0 saturated carbocycles. The quantitative estimate of drug-likeness (QED) is 0.253. The summed E-state index contributed by atoms with van der Waals surface area (Å²) in [6.07, 6.45) is 2.07. The van der Waals surface area contributed by atoms with Gasteiger partial charge < -0.3 is 15.4 Å². The number of rotatable bonds is 10. The van der Waals surface area contributed by atoms with Gasteiger partial charge in [0.1, 0.15) is 6.04 Å². The van der Waals surface area contributed by atoms with Crippen molar-refractivity contribution in [2.45, 2.75) is 25.5 Å². The molecule has 0 radical (unpaired) electrons. The van der Waals surface area contributed by atoms with Crippen molar-refractivity contribution in [2.75, 3.05) is 17.3 Å². The third-order valence-corrected chi connectivity index (χ3v) is 5.77. The zero-order chi connectivity index (χ0) is 25.4. The van der Waals surface area contributed by atoms with Gasteiger partial charge in [-0.3, -0.25) is 19.7 Å². The molecule has 0 fully saturated rings. The number of thioether (sulfide) groups is 1. The predicted molar refractivity (Wildman–Crippen MR) is 131 cm³/mol. The van der Waals surface area contributed by atoms with Crippen molar-refractivity contribution >= 4 is 75.9 Å². The molecule has 0 spiro atoms. The molecule has 182 valence electrons. The Morgan fingerprint density at radius 2 is 1.91 bits per heavy atom. The number of aromatic nitrogens is 1. The molecular formula is C20H19Cl3N4O6S. The minimum absolute atomic E-state index is 0.0408. The Balaban J connectivity index is 2.08. The van der Waals surface area contributed by atoms with Gasteiger partial charge in [-0.15, -0.1) is 0 Å². The van der Waals surface area contributed by atoms with Crippen LogP contribution in [-0.2, 0) is 14.3 Å². The number of nitro benzene ring substituents is 1. The van der Waals surface area contributed by atoms with Crippen molar-refractivity contribution in [1.29, 1.82) is 0 Å². The number of nitro groups is 1. The molecule has 0 saturated heterocycles. The van der Waals surface area contributed by atoms with Crippen molar-refractivity contribution in [3.63, 3.8) is 0 Å². The number of pyridine rings is 1. The van der Waals surface area contributed by atoms with Crippen molar-refractivity contribution in [3.8, 4) is 0 Å². The number of non-ortho nitro benzene ring substituents is 1. The van der Waals surface area contributed by atoms with E-state index in [1.165, 1.54) is 37.0 Å². The van der Waals surface area contributed by atoms with E-state index in [2.05, 4.69) is 15.6 Å². The number of ether oxygens (including phenoxy) is 1. The molecule has 2 rings (SSSR count). The van der Waals surface area contributed by atoms with Gasteiger partial charge in [0.25, 0.3) is 17.5 Å². The van der Waals surface area contributed by atoms with Crippen molar-refractivity contribution in [3.05, 3.63) is 61.2 Å². The van der Waals surface area contributed by atoms with Gasteiger partial charge in [0, 0.05) is 18.3 Å². The molecule has 10 nitrogen and oxygen atoms in total. The van der Waals surface area contributed by atoms with Crippen LogP contribution >= 0.6 is 46.6 Å². The summed E-state index contributed by atoms with van der Waals surface area (Å²) in [5, 5.41) is 16.0. The fourth-order valence-corrected chi connectivity index (χ4v) is 3.72. The van der Waals surface area contributed by atoms with E-state index < -0.39 is 34.9 Å². The third-order valence-electron chi connectivity index (χ3n) is 4.32. The van der Waals surface area contributed by atoms with Crippen LogP contribution in [0.5, 0.6) is 0 Å². The van der Waals surface area contributed by atoms with Gasteiger partial charge in [-0.05, 0) is 37.5 Å². The number of hydrogen-bond acceptors (Lipinski definition) is 8. The lowest BCUT2D eigenvalue weighted by Crippen LogP contribution is -2.44. The fourth-order valence-electron chi connectivity index (χ4n) is 2.56. The lowest BCUT2D eigenvalue weighted by molar-refractivity contribution is -0.384. The Hall–Kier alpha value is -2.60. The maximum absolute atomic E-state index is 12.7. The summed E-state index contributed by atoms with van der Waals surface area (Å²) in [4.78, 5) is 51.9. The number of nitrogens with one attached hydrogen (secondary N) is 2. The average Bonchev–Trinajstić information content (AvgIpc) is 2.77. The standard InChI is InChI=1S/C20H19Cl3N4O6S/c1-10(18(28)26-17-15(23)7-11(21)9-24-17)33-20(30)16(5-6-34-2)25-19(29)13-4-3-12(27(31)32)8-14(13)22/h3-4,7-10,16H,5-6H2,1-2H3,(H,25,29)(H,24,26,28)/t10-,16+/m1/s1. The number of nitrogens with zero attached hydrogens (tertiary/aromatic N) is 2. The molecule has 1 aromatic heterocycles. The number of anilines is 1. The summed E-state index contributed by atoms with van der Waals surface area (Å²) < 4.78 is 5.23. The normalized spacial score (nSPS) is 12.4. The lowest BCUT2D eigenvalue weighted by Gasteiger charge is -2.20. The number of carbonyl (C=O) groups excluding carboxylic acids is 3. The van der Waals surface area contributed by atoms with E-state index in [9.17, 15) is 24.5 Å². The Morgan fingerprint density at radius 3 is 2.50 bits per heavy atom. The first kappa shape index (κ1) is 27.6. The highest BCUT2D eigenvalue weighted by Crippen LogP contribution is 2.24. The first-order valence-electron chi connectivity index (χ1n) is 9.59. The fraction of sp³-hybridized carbons (Fsp3) is 0.300. The van der Waals surface area contributed by atoms with E-state index in [0.717, 1.165) is 12.1 Å². The third kappa shape index (κ3) is 7.73. The van der Waals surface area contributed by atoms with Gasteiger partial charge >= 0.3 is 5.97 Å². The van der Waals surface area contributed by atoms with E-state index in [-0.39, 0.29) is 38.6 Å². The Bertz CT molecular complexity index is 1100. The molecule has 0 aliphatic carbocycles. The second-order valence-electron chi connectivity index (χ2n) is 6.78. The zero-order valence-corrected chi connectivity index (χ0v) is 20.9. The summed E-state index contributed by atoms with van der Waals surface area (Å²) in [7, 11) is 0. The monoisotopic (exact) mass is 548 g/mol. The number of carbonyl (C=O) groups is 3. The van der Waals surface area contributed by atoms with Gasteiger partial charge in [0.05, 0.1) is 25.6 Å². The van der Waals surface area contributed by atoms with Crippen molar-refractivity contribution in [2.24, 2.45) is 0 Å². The molecule has 14 heteroatoms. The van der Waals surface area contributed by atoms with Crippen molar-refractivity contribution in [1.82, 2.24) is 10.3 Å². The van der Waals surface area contributed by atoms with Crippen molar-refractivity contribution < 1.29 is 24.0 Å². The molecule has 0 bridgehead atoms. The smallest absolute Gasteiger partial charge is 0.329 e. The zero-order valence-electron chi connectivity index (χ0n) is 17.8. The first-order valence-corrected chi connectivity index (χ1v) is 12.1. The van der Waals surface area contributed by atoms with Gasteiger partial charge in [-0.2, -0.15) is 11.8 Å². The first-order chi connectivity index (χ1) is 16.0. The molecule has 1 heterocycles. The average molecular weight is 550 g/mol. The van der Waals surface area contributed by atoms with Crippen LogP contribution in [0.4, 0.5) is 11.5 Å². The van der Waals surface area contributed by atoms with Crippen LogP contribution in [0.25, 0.3) is 0 Å². The topological polar surface area (TPSA) is 141 Å². The Morgan fingerprint density at radius 1 is 1.21 bits per heavy atom. The minimum atomic E-state index is -1.24. The number of hydrogen-bond donors (Lipinski definition) is 2. The van der Waals surface area contributed by atoms with E-state index in [1.807, 2.05) is 6.26 Å². The number of amides is 2. The Labute approximate surface area is 213 Å². The predicted octanol–water partition coefficient (Wildman–Crippen LogP) is 4.37. The molecule has 1 aromatic carbocycles. The van der Waals surface area contributed by atoms with E-state index in [0.29, 0.717) is 5.75 Å². The molecule has 2 amide bonds. The van der Waals surface area contributed by atoms with Crippen LogP contribution in [0.3, 0.4) is 0 Å². The molecule has 2 atom stereocenters. The van der Waals surface area contributed by atoms with Crippen LogP contribution in [0, 0.1) is 10.1 Å². The van der Waals surface area contributed by atoms with E-state index in [1.54, 1.807) is 0 Å². The van der Waals surface area contributed by atoms with E-state index in [4.69, 9.17) is 39.5 Å². The maximum Gasteiger partial charge on any atom is 0.329 e. The highest BCUT2D eigenvalue weighted by Gasteiger charge is 2.28. The summed E-state index contributed by atoms with van der Waals surface area (Å²) in [6.45, 7) is 1.34. The van der Waals surface area contributed by atoms with E-state index >= 15 is 0 Å². The molecule has 2 N–H and O–H groups in total. The summed E-state index contributed by atoms with van der Waals surface area (Å²) in [5.41, 5.74) is -0.335. The van der Waals surface area contributed by atoms with Gasteiger partial charge in [-0.1, -0.05) is 34.8 Å². The molecule has 34 heavy (non-hydrogen) atoms.